The zero-order valence-corrected chi connectivity index (χ0v) is 8.64. The van der Waals surface area contributed by atoms with Gasteiger partial charge in [-0.1, -0.05) is 0 Å². The number of methoxy groups -OCH3 is 1. The quantitative estimate of drug-likeness (QED) is 0.414. The van der Waals surface area contributed by atoms with Crippen molar-refractivity contribution in [1.29, 1.82) is 0 Å². The molecule has 1 aromatic carbocycles. The first-order chi connectivity index (χ1) is 7.63. The highest BCUT2D eigenvalue weighted by Crippen LogP contribution is 2.09. The molecular weight excluding hydrogens is 210 g/mol. The van der Waals surface area contributed by atoms with E-state index in [-0.39, 0.29) is 0 Å². The minimum atomic E-state index is -1.08. The number of primary amides is 1. The Kier molecular flexibility index (Phi) is 4.02. The molecule has 6 nitrogen and oxygen atoms in total. The van der Waals surface area contributed by atoms with Gasteiger partial charge in [0.15, 0.2) is 0 Å². The number of amides is 2. The lowest BCUT2D eigenvalue weighted by Crippen LogP contribution is -2.32. The maximum Gasteiger partial charge on any atom is 0.329 e. The summed E-state index contributed by atoms with van der Waals surface area (Å²) in [4.78, 5) is 21.1. The van der Waals surface area contributed by atoms with E-state index in [1.54, 1.807) is 31.4 Å². The third-order valence-corrected chi connectivity index (χ3v) is 1.72. The van der Waals surface area contributed by atoms with E-state index in [0.717, 1.165) is 11.3 Å². The van der Waals surface area contributed by atoms with E-state index in [2.05, 4.69) is 5.10 Å². The molecule has 0 aliphatic carbocycles. The number of ether oxygens (including phenoxy) is 1. The van der Waals surface area contributed by atoms with Crippen molar-refractivity contribution < 1.29 is 14.3 Å². The first-order valence-corrected chi connectivity index (χ1v) is 4.40. The molecule has 0 unspecified atom stereocenters. The Morgan fingerprint density at radius 1 is 1.38 bits per heavy atom. The zero-order chi connectivity index (χ0) is 12.0. The van der Waals surface area contributed by atoms with Crippen molar-refractivity contribution in [3.8, 4) is 5.75 Å². The van der Waals surface area contributed by atoms with Gasteiger partial charge in [-0.25, -0.2) is 5.43 Å². The van der Waals surface area contributed by atoms with E-state index >= 15 is 0 Å². The predicted octanol–water partition coefficient (Wildman–Crippen LogP) is -0.369. The first-order valence-electron chi connectivity index (χ1n) is 4.40. The normalized spacial score (nSPS) is 10.1. The molecule has 2 amide bonds. The number of benzene rings is 1. The van der Waals surface area contributed by atoms with Gasteiger partial charge in [0.05, 0.1) is 13.3 Å². The number of rotatable bonds is 3. The van der Waals surface area contributed by atoms with Crippen LogP contribution in [0.2, 0.25) is 0 Å². The van der Waals surface area contributed by atoms with Crippen LogP contribution in [0.1, 0.15) is 5.56 Å². The Labute approximate surface area is 92.1 Å². The number of carbonyl (C=O) groups excluding carboxylic acids is 2. The van der Waals surface area contributed by atoms with Crippen LogP contribution in [0.4, 0.5) is 0 Å². The van der Waals surface area contributed by atoms with Crippen molar-refractivity contribution in [3.63, 3.8) is 0 Å². The lowest BCUT2D eigenvalue weighted by molar-refractivity contribution is -0.137. The molecule has 3 N–H and O–H groups in total. The van der Waals surface area contributed by atoms with Gasteiger partial charge in [0, 0.05) is 0 Å². The molecule has 0 saturated carbocycles. The Morgan fingerprint density at radius 2 is 2.00 bits per heavy atom. The molecule has 84 valence electrons. The average molecular weight is 221 g/mol. The van der Waals surface area contributed by atoms with Crippen molar-refractivity contribution >= 4 is 18.0 Å². The SMILES string of the molecule is COc1ccc(/C=N\NC(=O)C(N)=O)cc1. The molecule has 0 aromatic heterocycles. The second-order valence-corrected chi connectivity index (χ2v) is 2.84. The maximum atomic E-state index is 10.7. The van der Waals surface area contributed by atoms with E-state index in [0.29, 0.717) is 0 Å². The fourth-order valence-corrected chi connectivity index (χ4v) is 0.911. The summed E-state index contributed by atoms with van der Waals surface area (Å²) in [5, 5.41) is 3.55. The van der Waals surface area contributed by atoms with Crippen molar-refractivity contribution in [2.75, 3.05) is 7.11 Å². The number of nitrogens with zero attached hydrogens (tertiary/aromatic N) is 1. The van der Waals surface area contributed by atoms with Gasteiger partial charge < -0.3 is 10.5 Å². The molecule has 0 spiro atoms. The predicted molar refractivity (Wildman–Crippen MR) is 57.9 cm³/mol. The molecular formula is C10H11N3O3. The summed E-state index contributed by atoms with van der Waals surface area (Å²) >= 11 is 0. The maximum absolute atomic E-state index is 10.7. The molecule has 0 aliphatic rings. The van der Waals surface area contributed by atoms with Crippen LogP contribution in [0.25, 0.3) is 0 Å². The van der Waals surface area contributed by atoms with Crippen LogP contribution in [-0.4, -0.2) is 25.1 Å². The van der Waals surface area contributed by atoms with Gasteiger partial charge in [-0.3, -0.25) is 9.59 Å². The van der Waals surface area contributed by atoms with Gasteiger partial charge in [0.1, 0.15) is 5.75 Å². The van der Waals surface area contributed by atoms with Crippen LogP contribution in [0.15, 0.2) is 29.4 Å². The Balaban J connectivity index is 2.56. The molecule has 0 aliphatic heterocycles. The van der Waals surface area contributed by atoms with Crippen LogP contribution in [0, 0.1) is 0 Å². The monoisotopic (exact) mass is 221 g/mol. The van der Waals surface area contributed by atoms with Gasteiger partial charge >= 0.3 is 11.8 Å². The standard InChI is InChI=1S/C10H11N3O3/c1-16-8-4-2-7(3-5-8)6-12-13-10(15)9(11)14/h2-6H,1H3,(H2,11,14)(H,13,15)/b12-6-. The highest BCUT2D eigenvalue weighted by molar-refractivity contribution is 6.34. The molecule has 0 saturated heterocycles. The van der Waals surface area contributed by atoms with E-state index in [1.165, 1.54) is 6.21 Å². The van der Waals surface area contributed by atoms with Crippen LogP contribution in [-0.2, 0) is 9.59 Å². The Bertz CT molecular complexity index is 412. The lowest BCUT2D eigenvalue weighted by Gasteiger charge is -1.98. The fraction of sp³-hybridized carbons (Fsp3) is 0.100. The number of hydrogen-bond donors (Lipinski definition) is 2. The van der Waals surface area contributed by atoms with E-state index < -0.39 is 11.8 Å². The number of nitrogens with one attached hydrogen (secondary N) is 1. The third-order valence-electron chi connectivity index (χ3n) is 1.72. The molecule has 0 fully saturated rings. The number of hydrogen-bond acceptors (Lipinski definition) is 4. The summed E-state index contributed by atoms with van der Waals surface area (Å²) < 4.78 is 4.97. The number of carbonyl (C=O) groups is 2. The minimum absolute atomic E-state index is 0.721. The summed E-state index contributed by atoms with van der Waals surface area (Å²) in [5.74, 6) is -1.31. The molecule has 0 atom stereocenters. The zero-order valence-electron chi connectivity index (χ0n) is 8.64. The van der Waals surface area contributed by atoms with Gasteiger partial charge in [-0.05, 0) is 29.8 Å². The number of nitrogens with two attached hydrogens (primary N) is 1. The summed E-state index contributed by atoms with van der Waals surface area (Å²) in [7, 11) is 1.57. The van der Waals surface area contributed by atoms with E-state index in [4.69, 9.17) is 10.5 Å². The van der Waals surface area contributed by atoms with Crippen LogP contribution >= 0.6 is 0 Å². The van der Waals surface area contributed by atoms with Crippen LogP contribution in [0.3, 0.4) is 0 Å². The molecule has 1 rings (SSSR count). The summed E-state index contributed by atoms with van der Waals surface area (Å²) in [6.07, 6.45) is 1.39. The molecule has 0 radical (unpaired) electrons. The smallest absolute Gasteiger partial charge is 0.329 e. The van der Waals surface area contributed by atoms with Crippen molar-refractivity contribution in [3.05, 3.63) is 29.8 Å². The molecule has 1 aromatic rings. The van der Waals surface area contributed by atoms with E-state index in [9.17, 15) is 9.59 Å². The largest absolute Gasteiger partial charge is 0.497 e. The lowest BCUT2D eigenvalue weighted by atomic mass is 10.2. The van der Waals surface area contributed by atoms with Crippen molar-refractivity contribution in [2.45, 2.75) is 0 Å². The topological polar surface area (TPSA) is 93.8 Å². The van der Waals surface area contributed by atoms with Gasteiger partial charge in [0.2, 0.25) is 0 Å². The number of hydrazone groups is 1. The Morgan fingerprint density at radius 3 is 2.50 bits per heavy atom. The van der Waals surface area contributed by atoms with E-state index in [1.807, 2.05) is 5.43 Å². The highest BCUT2D eigenvalue weighted by Gasteiger charge is 2.05. The van der Waals surface area contributed by atoms with Gasteiger partial charge in [0.25, 0.3) is 0 Å². The molecule has 0 bridgehead atoms. The third kappa shape index (κ3) is 3.41. The van der Waals surface area contributed by atoms with Gasteiger partial charge in [-0.15, -0.1) is 0 Å². The first kappa shape index (κ1) is 11.7. The second kappa shape index (κ2) is 5.50. The average Bonchev–Trinajstić information content (AvgIpc) is 2.29. The molecule has 0 heterocycles. The van der Waals surface area contributed by atoms with Crippen LogP contribution in [0.5, 0.6) is 5.75 Å². The molecule has 16 heavy (non-hydrogen) atoms. The van der Waals surface area contributed by atoms with Gasteiger partial charge in [-0.2, -0.15) is 5.10 Å². The Hall–Kier alpha value is -2.37. The summed E-state index contributed by atoms with van der Waals surface area (Å²) in [6.45, 7) is 0. The highest BCUT2D eigenvalue weighted by atomic mass is 16.5. The summed E-state index contributed by atoms with van der Waals surface area (Å²) in [5.41, 5.74) is 7.45. The fourth-order valence-electron chi connectivity index (χ4n) is 0.911. The van der Waals surface area contributed by atoms with Crippen molar-refractivity contribution in [2.24, 2.45) is 10.8 Å². The van der Waals surface area contributed by atoms with Crippen molar-refractivity contribution in [1.82, 2.24) is 5.43 Å². The van der Waals surface area contributed by atoms with Crippen LogP contribution < -0.4 is 15.9 Å². The summed E-state index contributed by atoms with van der Waals surface area (Å²) in [6, 6.07) is 6.99. The minimum Gasteiger partial charge on any atom is -0.497 e. The second-order valence-electron chi connectivity index (χ2n) is 2.84. The molecule has 6 heteroatoms.